The van der Waals surface area contributed by atoms with E-state index in [0.29, 0.717) is 18.5 Å². The zero-order valence-electron chi connectivity index (χ0n) is 15.3. The van der Waals surface area contributed by atoms with Gasteiger partial charge in [0.2, 0.25) is 0 Å². The molecule has 1 saturated heterocycles. The van der Waals surface area contributed by atoms with Crippen LogP contribution in [0.3, 0.4) is 0 Å². The van der Waals surface area contributed by atoms with Gasteiger partial charge in [-0.3, -0.25) is 0 Å². The van der Waals surface area contributed by atoms with Gasteiger partial charge in [0.15, 0.2) is 0 Å². The molecule has 2 heterocycles. The first-order valence-electron chi connectivity index (χ1n) is 9.36. The first-order valence-corrected chi connectivity index (χ1v) is 9.36. The molecule has 3 rings (SSSR count). The summed E-state index contributed by atoms with van der Waals surface area (Å²) in [6.45, 7) is 4.35. The van der Waals surface area contributed by atoms with Crippen molar-refractivity contribution in [2.24, 2.45) is 5.92 Å². The van der Waals surface area contributed by atoms with Crippen molar-refractivity contribution in [3.8, 4) is 0 Å². The summed E-state index contributed by atoms with van der Waals surface area (Å²) >= 11 is 0. The Morgan fingerprint density at radius 1 is 1.31 bits per heavy atom. The van der Waals surface area contributed by atoms with Crippen LogP contribution in [0.25, 0.3) is 0 Å². The van der Waals surface area contributed by atoms with Crippen molar-refractivity contribution in [2.45, 2.75) is 38.6 Å². The number of amides is 2. The molecule has 1 N–H and O–H groups in total. The van der Waals surface area contributed by atoms with E-state index in [0.717, 1.165) is 38.8 Å². The molecular formula is C20H27FN4O. The standard InChI is InChI=1S/C20H27FN4O/c1-16(25-13-10-22-15-25)6-9-23-20(26)24-11-7-18(8-12-24)14-17-2-4-19(21)5-3-17/h2-5,10,13,15-16,18H,6-9,11-12,14H2,1H3,(H,23,26)/t16-/m1/s1. The largest absolute Gasteiger partial charge is 0.338 e. The molecule has 1 aromatic carbocycles. The topological polar surface area (TPSA) is 50.2 Å². The van der Waals surface area contributed by atoms with Gasteiger partial charge >= 0.3 is 6.03 Å². The molecule has 0 bridgehead atoms. The lowest BCUT2D eigenvalue weighted by molar-refractivity contribution is 0.170. The highest BCUT2D eigenvalue weighted by atomic mass is 19.1. The van der Waals surface area contributed by atoms with Gasteiger partial charge in [0.25, 0.3) is 0 Å². The third kappa shape index (κ3) is 5.07. The predicted octanol–water partition coefficient (Wildman–Crippen LogP) is 3.64. The third-order valence-corrected chi connectivity index (χ3v) is 5.21. The number of aromatic nitrogens is 2. The molecule has 1 fully saturated rings. The molecular weight excluding hydrogens is 331 g/mol. The molecule has 1 aromatic heterocycles. The SMILES string of the molecule is C[C@H](CCNC(=O)N1CCC(Cc2ccc(F)cc2)CC1)n1ccnc1. The highest BCUT2D eigenvalue weighted by Gasteiger charge is 2.22. The van der Waals surface area contributed by atoms with E-state index in [1.54, 1.807) is 12.5 Å². The van der Waals surface area contributed by atoms with Gasteiger partial charge in [0.05, 0.1) is 6.33 Å². The van der Waals surface area contributed by atoms with Gasteiger partial charge in [-0.2, -0.15) is 0 Å². The molecule has 1 aliphatic rings. The van der Waals surface area contributed by atoms with Crippen molar-refractivity contribution in [1.29, 1.82) is 0 Å². The van der Waals surface area contributed by atoms with Crippen LogP contribution in [0.1, 0.15) is 37.8 Å². The number of carbonyl (C=O) groups is 1. The molecule has 0 spiro atoms. The number of benzene rings is 1. The minimum Gasteiger partial charge on any atom is -0.338 e. The molecule has 5 nitrogen and oxygen atoms in total. The normalized spacial score (nSPS) is 16.5. The van der Waals surface area contributed by atoms with Crippen LogP contribution in [0.5, 0.6) is 0 Å². The van der Waals surface area contributed by atoms with Crippen LogP contribution < -0.4 is 5.32 Å². The number of hydrogen-bond donors (Lipinski definition) is 1. The summed E-state index contributed by atoms with van der Waals surface area (Å²) in [4.78, 5) is 18.3. The monoisotopic (exact) mass is 358 g/mol. The second-order valence-electron chi connectivity index (χ2n) is 7.14. The Bertz CT molecular complexity index is 678. The fourth-order valence-corrected chi connectivity index (χ4v) is 3.47. The Balaban J connectivity index is 1.36. The first kappa shape index (κ1) is 18.4. The number of rotatable bonds is 6. The molecule has 140 valence electrons. The fraction of sp³-hybridized carbons (Fsp3) is 0.500. The Morgan fingerprint density at radius 3 is 2.69 bits per heavy atom. The van der Waals surface area contributed by atoms with Crippen LogP contribution in [0, 0.1) is 11.7 Å². The van der Waals surface area contributed by atoms with Gasteiger partial charge in [-0.05, 0) is 56.2 Å². The van der Waals surface area contributed by atoms with E-state index in [4.69, 9.17) is 0 Å². The summed E-state index contributed by atoms with van der Waals surface area (Å²) < 4.78 is 15.0. The minimum atomic E-state index is -0.192. The maximum atomic E-state index is 13.0. The predicted molar refractivity (Wildman–Crippen MR) is 99.4 cm³/mol. The molecule has 1 aliphatic heterocycles. The summed E-state index contributed by atoms with van der Waals surface area (Å²) in [6, 6.07) is 7.10. The van der Waals surface area contributed by atoms with E-state index < -0.39 is 0 Å². The smallest absolute Gasteiger partial charge is 0.317 e. The summed E-state index contributed by atoms with van der Waals surface area (Å²) in [5, 5.41) is 3.03. The van der Waals surface area contributed by atoms with Gasteiger partial charge in [-0.15, -0.1) is 0 Å². The molecule has 1 atom stereocenters. The molecule has 2 aromatic rings. The highest BCUT2D eigenvalue weighted by molar-refractivity contribution is 5.74. The van der Waals surface area contributed by atoms with Crippen LogP contribution in [-0.2, 0) is 6.42 Å². The number of halogens is 1. The first-order chi connectivity index (χ1) is 12.6. The Hall–Kier alpha value is -2.37. The second kappa shape index (κ2) is 8.83. The van der Waals surface area contributed by atoms with Crippen LogP contribution in [0.4, 0.5) is 9.18 Å². The molecule has 2 amide bonds. The van der Waals surface area contributed by atoms with E-state index in [9.17, 15) is 9.18 Å². The number of nitrogens with zero attached hydrogens (tertiary/aromatic N) is 3. The number of likely N-dealkylation sites (tertiary alicyclic amines) is 1. The van der Waals surface area contributed by atoms with E-state index in [1.165, 1.54) is 17.7 Å². The second-order valence-corrected chi connectivity index (χ2v) is 7.14. The summed E-state index contributed by atoms with van der Waals surface area (Å²) in [5.41, 5.74) is 1.17. The van der Waals surface area contributed by atoms with Gasteiger partial charge in [0.1, 0.15) is 5.82 Å². The van der Waals surface area contributed by atoms with Gasteiger partial charge in [-0.1, -0.05) is 12.1 Å². The number of imidazole rings is 1. The molecule has 0 saturated carbocycles. The fourth-order valence-electron chi connectivity index (χ4n) is 3.47. The van der Waals surface area contributed by atoms with Crippen molar-refractivity contribution in [3.05, 3.63) is 54.4 Å². The van der Waals surface area contributed by atoms with Crippen molar-refractivity contribution in [1.82, 2.24) is 19.8 Å². The van der Waals surface area contributed by atoms with E-state index in [2.05, 4.69) is 17.2 Å². The highest BCUT2D eigenvalue weighted by Crippen LogP contribution is 2.22. The Labute approximate surface area is 154 Å². The van der Waals surface area contributed by atoms with E-state index >= 15 is 0 Å². The van der Waals surface area contributed by atoms with Crippen molar-refractivity contribution < 1.29 is 9.18 Å². The lowest BCUT2D eigenvalue weighted by Crippen LogP contribution is -2.45. The van der Waals surface area contributed by atoms with E-state index in [1.807, 2.05) is 27.8 Å². The number of nitrogens with one attached hydrogen (secondary N) is 1. The van der Waals surface area contributed by atoms with Crippen LogP contribution in [-0.4, -0.2) is 40.1 Å². The molecule has 6 heteroatoms. The van der Waals surface area contributed by atoms with Crippen molar-refractivity contribution >= 4 is 6.03 Å². The van der Waals surface area contributed by atoms with Gasteiger partial charge < -0.3 is 14.8 Å². The Morgan fingerprint density at radius 2 is 2.04 bits per heavy atom. The zero-order chi connectivity index (χ0) is 18.4. The number of urea groups is 1. The van der Waals surface area contributed by atoms with Crippen LogP contribution >= 0.6 is 0 Å². The average Bonchev–Trinajstić information content (AvgIpc) is 3.19. The summed E-state index contributed by atoms with van der Waals surface area (Å²) in [7, 11) is 0. The van der Waals surface area contributed by atoms with Crippen LogP contribution in [0.2, 0.25) is 0 Å². The Kier molecular flexibility index (Phi) is 6.26. The van der Waals surface area contributed by atoms with Gasteiger partial charge in [-0.25, -0.2) is 14.2 Å². The lowest BCUT2D eigenvalue weighted by atomic mass is 9.90. The number of hydrogen-bond acceptors (Lipinski definition) is 2. The molecule has 26 heavy (non-hydrogen) atoms. The van der Waals surface area contributed by atoms with Crippen molar-refractivity contribution in [2.75, 3.05) is 19.6 Å². The van der Waals surface area contributed by atoms with E-state index in [-0.39, 0.29) is 11.8 Å². The maximum Gasteiger partial charge on any atom is 0.317 e. The maximum absolute atomic E-state index is 13.0. The quantitative estimate of drug-likeness (QED) is 0.857. The lowest BCUT2D eigenvalue weighted by Gasteiger charge is -2.32. The number of piperidine rings is 1. The van der Waals surface area contributed by atoms with Crippen LogP contribution in [0.15, 0.2) is 43.0 Å². The average molecular weight is 358 g/mol. The minimum absolute atomic E-state index is 0.0306. The molecule has 0 aliphatic carbocycles. The summed E-state index contributed by atoms with van der Waals surface area (Å²) in [5.74, 6) is 0.369. The third-order valence-electron chi connectivity index (χ3n) is 5.21. The molecule has 0 radical (unpaired) electrons. The van der Waals surface area contributed by atoms with Gasteiger partial charge in [0, 0.05) is 38.1 Å². The van der Waals surface area contributed by atoms with Crippen molar-refractivity contribution in [3.63, 3.8) is 0 Å². The number of carbonyl (C=O) groups excluding carboxylic acids is 1. The zero-order valence-corrected chi connectivity index (χ0v) is 15.3. The molecule has 0 unspecified atom stereocenters. The summed E-state index contributed by atoms with van der Waals surface area (Å²) in [6.07, 6.45) is 9.34.